The van der Waals surface area contributed by atoms with Crippen LogP contribution in [-0.2, 0) is 24.1 Å². The lowest BCUT2D eigenvalue weighted by atomic mass is 10.0. The zero-order chi connectivity index (χ0) is 21.1. The summed E-state index contributed by atoms with van der Waals surface area (Å²) >= 11 is 0. The molecule has 0 fully saturated rings. The summed E-state index contributed by atoms with van der Waals surface area (Å²) in [6.07, 6.45) is 21.2. The average Bonchev–Trinajstić information content (AvgIpc) is 2.66. The molecular weight excluding hydrogens is 376 g/mol. The summed E-state index contributed by atoms with van der Waals surface area (Å²) in [5, 5.41) is -0.654. The molecular formula is C22H44O5S. The molecule has 0 N–H and O–H groups in total. The van der Waals surface area contributed by atoms with Gasteiger partial charge in [0.15, 0.2) is 0 Å². The summed E-state index contributed by atoms with van der Waals surface area (Å²) in [7, 11) is -3.82. The van der Waals surface area contributed by atoms with Gasteiger partial charge in [-0.2, -0.15) is 8.42 Å². The van der Waals surface area contributed by atoms with E-state index in [1.54, 1.807) is 6.92 Å². The van der Waals surface area contributed by atoms with Crippen LogP contribution in [0.2, 0.25) is 0 Å². The first-order valence-corrected chi connectivity index (χ1v) is 13.0. The molecule has 1 unspecified atom stereocenters. The lowest BCUT2D eigenvalue weighted by Gasteiger charge is -2.10. The second-order valence-corrected chi connectivity index (χ2v) is 9.96. The predicted molar refractivity (Wildman–Crippen MR) is 115 cm³/mol. The summed E-state index contributed by atoms with van der Waals surface area (Å²) in [5.41, 5.74) is 0. The Morgan fingerprint density at radius 1 is 0.714 bits per heavy atom. The van der Waals surface area contributed by atoms with Crippen molar-refractivity contribution in [3.63, 3.8) is 0 Å². The minimum Gasteiger partial charge on any atom is -0.282 e. The van der Waals surface area contributed by atoms with Gasteiger partial charge in [0.05, 0.1) is 5.25 Å². The van der Waals surface area contributed by atoms with Gasteiger partial charge in [-0.1, -0.05) is 114 Å². The van der Waals surface area contributed by atoms with E-state index in [9.17, 15) is 13.2 Å². The van der Waals surface area contributed by atoms with Crippen LogP contribution in [0.15, 0.2) is 0 Å². The van der Waals surface area contributed by atoms with Crippen molar-refractivity contribution < 1.29 is 22.4 Å². The Morgan fingerprint density at radius 2 is 1.07 bits per heavy atom. The average molecular weight is 421 g/mol. The zero-order valence-electron chi connectivity index (χ0n) is 18.5. The maximum Gasteiger partial charge on any atom is 0.340 e. The monoisotopic (exact) mass is 420 g/mol. The van der Waals surface area contributed by atoms with Gasteiger partial charge in [-0.15, -0.1) is 0 Å². The van der Waals surface area contributed by atoms with Gasteiger partial charge in [0, 0.05) is 6.92 Å². The van der Waals surface area contributed by atoms with Gasteiger partial charge in [0.1, 0.15) is 0 Å². The molecule has 6 heteroatoms. The number of hydrogen-bond acceptors (Lipinski definition) is 5. The Labute approximate surface area is 174 Å². The van der Waals surface area contributed by atoms with Crippen molar-refractivity contribution >= 4 is 16.1 Å². The SMILES string of the molecule is CCCCCCCCCCCCCCCCCCC(C)S(=O)(=O)OOC(C)=O. The minimum absolute atomic E-state index is 0.530. The highest BCUT2D eigenvalue weighted by Crippen LogP contribution is 2.16. The van der Waals surface area contributed by atoms with Gasteiger partial charge < -0.3 is 0 Å². The first kappa shape index (κ1) is 27.4. The van der Waals surface area contributed by atoms with Crippen molar-refractivity contribution in [3.8, 4) is 0 Å². The van der Waals surface area contributed by atoms with Crippen LogP contribution in [0.1, 0.15) is 130 Å². The van der Waals surface area contributed by atoms with Crippen molar-refractivity contribution in [2.45, 2.75) is 135 Å². The minimum atomic E-state index is -3.82. The van der Waals surface area contributed by atoms with Gasteiger partial charge >= 0.3 is 16.1 Å². The predicted octanol–water partition coefficient (Wildman–Crippen LogP) is 6.85. The lowest BCUT2D eigenvalue weighted by Crippen LogP contribution is -2.21. The molecule has 168 valence electrons. The highest BCUT2D eigenvalue weighted by molar-refractivity contribution is 7.87. The largest absolute Gasteiger partial charge is 0.340 e. The van der Waals surface area contributed by atoms with Crippen LogP contribution in [0.5, 0.6) is 0 Å². The van der Waals surface area contributed by atoms with E-state index in [1.165, 1.54) is 83.5 Å². The lowest BCUT2D eigenvalue weighted by molar-refractivity contribution is -0.208. The number of rotatable bonds is 20. The first-order chi connectivity index (χ1) is 13.4. The molecule has 0 radical (unpaired) electrons. The van der Waals surface area contributed by atoms with Crippen molar-refractivity contribution in [1.82, 2.24) is 0 Å². The van der Waals surface area contributed by atoms with E-state index in [2.05, 4.69) is 16.1 Å². The van der Waals surface area contributed by atoms with E-state index in [0.29, 0.717) is 6.42 Å². The third-order valence-corrected chi connectivity index (χ3v) is 6.68. The van der Waals surface area contributed by atoms with E-state index in [1.807, 2.05) is 0 Å². The summed E-state index contributed by atoms with van der Waals surface area (Å²) in [4.78, 5) is 14.8. The van der Waals surface area contributed by atoms with E-state index in [4.69, 9.17) is 0 Å². The Bertz CT molecular complexity index is 462. The summed E-state index contributed by atoms with van der Waals surface area (Å²) in [6.45, 7) is 4.96. The third kappa shape index (κ3) is 17.5. The molecule has 0 aliphatic heterocycles. The molecule has 0 aliphatic carbocycles. The van der Waals surface area contributed by atoms with Crippen LogP contribution in [0.25, 0.3) is 0 Å². The summed E-state index contributed by atoms with van der Waals surface area (Å²) < 4.78 is 27.7. The van der Waals surface area contributed by atoms with E-state index >= 15 is 0 Å². The molecule has 0 aromatic carbocycles. The highest BCUT2D eigenvalue weighted by atomic mass is 32.2. The molecule has 28 heavy (non-hydrogen) atoms. The number of unbranched alkanes of at least 4 members (excludes halogenated alkanes) is 15. The van der Waals surface area contributed by atoms with E-state index in [-0.39, 0.29) is 0 Å². The van der Waals surface area contributed by atoms with E-state index in [0.717, 1.165) is 26.2 Å². The second kappa shape index (κ2) is 18.4. The van der Waals surface area contributed by atoms with Crippen LogP contribution in [-0.4, -0.2) is 19.6 Å². The Kier molecular flexibility index (Phi) is 18.0. The van der Waals surface area contributed by atoms with Crippen LogP contribution >= 0.6 is 0 Å². The zero-order valence-corrected chi connectivity index (χ0v) is 19.4. The van der Waals surface area contributed by atoms with Gasteiger partial charge in [0.2, 0.25) is 0 Å². The molecule has 0 saturated carbocycles. The topological polar surface area (TPSA) is 69.7 Å². The molecule has 0 rings (SSSR count). The molecule has 0 heterocycles. The number of carbonyl (C=O) groups is 1. The fourth-order valence-corrected chi connectivity index (χ4v) is 4.07. The van der Waals surface area contributed by atoms with Gasteiger partial charge in [-0.3, -0.25) is 4.89 Å². The summed E-state index contributed by atoms with van der Waals surface area (Å²) in [6, 6.07) is 0. The standard InChI is InChI=1S/C22H44O5S/c1-4-5-6-7-8-9-10-11-12-13-14-15-16-17-18-19-20-21(2)28(24,25)27-26-22(3)23/h21H,4-20H2,1-3H3. The molecule has 5 nitrogen and oxygen atoms in total. The van der Waals surface area contributed by atoms with Crippen molar-refractivity contribution in [1.29, 1.82) is 0 Å². The quantitative estimate of drug-likeness (QED) is 0.122. The van der Waals surface area contributed by atoms with Crippen LogP contribution in [0, 0.1) is 0 Å². The second-order valence-electron chi connectivity index (χ2n) is 8.04. The maximum atomic E-state index is 11.7. The maximum absolute atomic E-state index is 11.7. The van der Waals surface area contributed by atoms with Crippen molar-refractivity contribution in [2.24, 2.45) is 0 Å². The smallest absolute Gasteiger partial charge is 0.282 e. The highest BCUT2D eigenvalue weighted by Gasteiger charge is 2.23. The Balaban J connectivity index is 3.36. The summed E-state index contributed by atoms with van der Waals surface area (Å²) in [5.74, 6) is -0.766. The van der Waals surface area contributed by atoms with Crippen LogP contribution in [0.4, 0.5) is 0 Å². The fourth-order valence-electron chi connectivity index (χ4n) is 3.29. The molecule has 0 amide bonds. The van der Waals surface area contributed by atoms with Crippen molar-refractivity contribution in [3.05, 3.63) is 0 Å². The van der Waals surface area contributed by atoms with Gasteiger partial charge in [0.25, 0.3) is 0 Å². The number of hydrogen-bond donors (Lipinski definition) is 0. The Hall–Kier alpha value is -0.620. The van der Waals surface area contributed by atoms with Gasteiger partial charge in [-0.25, -0.2) is 4.79 Å². The van der Waals surface area contributed by atoms with Gasteiger partial charge in [-0.05, 0) is 13.3 Å². The molecule has 0 aromatic heterocycles. The Morgan fingerprint density at radius 3 is 1.43 bits per heavy atom. The van der Waals surface area contributed by atoms with Crippen LogP contribution in [0.3, 0.4) is 0 Å². The molecule has 0 saturated heterocycles. The molecule has 0 spiro atoms. The molecule has 1 atom stereocenters. The fraction of sp³-hybridized carbons (Fsp3) is 0.955. The molecule has 0 bridgehead atoms. The van der Waals surface area contributed by atoms with Crippen molar-refractivity contribution in [2.75, 3.05) is 0 Å². The molecule has 0 aliphatic rings. The van der Waals surface area contributed by atoms with Crippen LogP contribution < -0.4 is 0 Å². The molecule has 0 aromatic rings. The number of carbonyl (C=O) groups excluding carboxylic acids is 1. The normalized spacial score (nSPS) is 12.8. The first-order valence-electron chi connectivity index (χ1n) is 11.5. The van der Waals surface area contributed by atoms with E-state index < -0.39 is 21.3 Å². The third-order valence-electron chi connectivity index (χ3n) is 5.20.